The molecule has 2 atom stereocenters. The highest BCUT2D eigenvalue weighted by atomic mass is 16.5. The van der Waals surface area contributed by atoms with E-state index in [0.29, 0.717) is 19.5 Å². The quantitative estimate of drug-likeness (QED) is 0.873. The van der Waals surface area contributed by atoms with Gasteiger partial charge in [0.1, 0.15) is 0 Å². The molecule has 1 saturated heterocycles. The average Bonchev–Trinajstić information content (AvgIpc) is 3.16. The lowest BCUT2D eigenvalue weighted by molar-refractivity contribution is -0.148. The summed E-state index contributed by atoms with van der Waals surface area (Å²) in [5, 5.41) is 2.95. The number of anilines is 1. The van der Waals surface area contributed by atoms with E-state index in [0.717, 1.165) is 11.4 Å². The highest BCUT2D eigenvalue weighted by molar-refractivity contribution is 5.90. The van der Waals surface area contributed by atoms with Crippen molar-refractivity contribution < 1.29 is 14.3 Å². The molecule has 1 fully saturated rings. The normalized spacial score (nSPS) is 20.2. The van der Waals surface area contributed by atoms with Gasteiger partial charge in [-0.25, -0.2) is 4.79 Å². The Morgan fingerprint density at radius 3 is 2.64 bits per heavy atom. The van der Waals surface area contributed by atoms with Crippen LogP contribution in [0.25, 0.3) is 5.69 Å². The van der Waals surface area contributed by atoms with Crippen LogP contribution in [0.1, 0.15) is 13.3 Å². The number of rotatable bonds is 3. The molecule has 0 bridgehead atoms. The number of hydrogen-bond acceptors (Lipinski definition) is 3. The maximum Gasteiger partial charge on any atom is 0.321 e. The van der Waals surface area contributed by atoms with Crippen LogP contribution < -0.4 is 5.32 Å². The highest BCUT2D eigenvalue weighted by Gasteiger charge is 2.33. The Morgan fingerprint density at radius 2 is 1.96 bits per heavy atom. The zero-order chi connectivity index (χ0) is 17.8. The summed E-state index contributed by atoms with van der Waals surface area (Å²) in [6.07, 6.45) is 4.55. The number of carbonyl (C=O) groups excluding carboxylic acids is 2. The lowest BCUT2D eigenvalue weighted by Gasteiger charge is -2.35. The van der Waals surface area contributed by atoms with Gasteiger partial charge in [-0.3, -0.25) is 4.79 Å². The molecule has 1 aromatic heterocycles. The first kappa shape index (κ1) is 17.1. The second kappa shape index (κ2) is 7.42. The van der Waals surface area contributed by atoms with Crippen LogP contribution in [0.2, 0.25) is 0 Å². The van der Waals surface area contributed by atoms with E-state index in [1.165, 1.54) is 7.11 Å². The SMILES string of the molecule is COC(=O)[C@H]1CCN(C(=O)Nc2cccc(-n3cccc3)c2)C[C@H]1C. The molecule has 0 saturated carbocycles. The fourth-order valence-corrected chi connectivity index (χ4v) is 3.29. The summed E-state index contributed by atoms with van der Waals surface area (Å²) in [6, 6.07) is 11.5. The average molecular weight is 341 g/mol. The highest BCUT2D eigenvalue weighted by Crippen LogP contribution is 2.25. The first-order chi connectivity index (χ1) is 12.1. The van der Waals surface area contributed by atoms with Crippen LogP contribution in [-0.2, 0) is 9.53 Å². The molecule has 1 aromatic carbocycles. The number of aromatic nitrogens is 1. The minimum absolute atomic E-state index is 0.0816. The zero-order valence-electron chi connectivity index (χ0n) is 14.5. The number of nitrogens with zero attached hydrogens (tertiary/aromatic N) is 2. The van der Waals surface area contributed by atoms with Crippen LogP contribution >= 0.6 is 0 Å². The number of esters is 1. The summed E-state index contributed by atoms with van der Waals surface area (Å²) in [4.78, 5) is 26.1. The Hall–Kier alpha value is -2.76. The van der Waals surface area contributed by atoms with E-state index in [1.54, 1.807) is 4.90 Å². The number of benzene rings is 1. The van der Waals surface area contributed by atoms with Crippen molar-refractivity contribution in [2.45, 2.75) is 13.3 Å². The molecule has 2 aromatic rings. The van der Waals surface area contributed by atoms with Gasteiger partial charge in [0.15, 0.2) is 0 Å². The maximum absolute atomic E-state index is 12.5. The third-order valence-electron chi connectivity index (χ3n) is 4.70. The van der Waals surface area contributed by atoms with Gasteiger partial charge in [-0.05, 0) is 42.7 Å². The van der Waals surface area contributed by atoms with Crippen molar-refractivity contribution in [1.82, 2.24) is 9.47 Å². The van der Waals surface area contributed by atoms with Crippen molar-refractivity contribution in [3.63, 3.8) is 0 Å². The van der Waals surface area contributed by atoms with E-state index < -0.39 is 0 Å². The molecular weight excluding hydrogens is 318 g/mol. The van der Waals surface area contributed by atoms with Crippen molar-refractivity contribution in [1.29, 1.82) is 0 Å². The molecule has 25 heavy (non-hydrogen) atoms. The molecular formula is C19H23N3O3. The Morgan fingerprint density at radius 1 is 1.20 bits per heavy atom. The summed E-state index contributed by atoms with van der Waals surface area (Å²) in [6.45, 7) is 3.07. The Balaban J connectivity index is 1.63. The lowest BCUT2D eigenvalue weighted by atomic mass is 9.87. The Bertz CT molecular complexity index is 742. The molecule has 2 heterocycles. The van der Waals surface area contributed by atoms with Gasteiger partial charge >= 0.3 is 12.0 Å². The molecule has 1 aliphatic heterocycles. The predicted octanol–water partition coefficient (Wildman–Crippen LogP) is 3.14. The van der Waals surface area contributed by atoms with E-state index in [2.05, 4.69) is 5.32 Å². The third kappa shape index (κ3) is 3.84. The summed E-state index contributed by atoms with van der Waals surface area (Å²) in [7, 11) is 1.41. The fourth-order valence-electron chi connectivity index (χ4n) is 3.29. The number of urea groups is 1. The molecule has 0 spiro atoms. The Labute approximate surface area is 147 Å². The molecule has 0 aliphatic carbocycles. The number of hydrogen-bond donors (Lipinski definition) is 1. The summed E-state index contributed by atoms with van der Waals surface area (Å²) < 4.78 is 6.83. The van der Waals surface area contributed by atoms with Crippen LogP contribution in [-0.4, -0.2) is 41.7 Å². The second-order valence-electron chi connectivity index (χ2n) is 6.41. The summed E-state index contributed by atoms with van der Waals surface area (Å²) in [5.74, 6) is -0.240. The van der Waals surface area contributed by atoms with Gasteiger partial charge in [0, 0.05) is 36.9 Å². The van der Waals surface area contributed by atoms with E-state index in [-0.39, 0.29) is 23.8 Å². The van der Waals surface area contributed by atoms with Gasteiger partial charge in [-0.15, -0.1) is 0 Å². The van der Waals surface area contributed by atoms with Crippen molar-refractivity contribution in [3.8, 4) is 5.69 Å². The standard InChI is InChI=1S/C19H23N3O3/c1-14-13-22(11-8-17(14)18(23)25-2)19(24)20-15-6-5-7-16(12-15)21-9-3-4-10-21/h3-7,9-10,12,14,17H,8,11,13H2,1-2H3,(H,20,24)/t14-,17+/m1/s1. The van der Waals surface area contributed by atoms with Crippen LogP contribution in [0, 0.1) is 11.8 Å². The minimum Gasteiger partial charge on any atom is -0.469 e. The van der Waals surface area contributed by atoms with Gasteiger partial charge in [-0.2, -0.15) is 0 Å². The van der Waals surface area contributed by atoms with Crippen molar-refractivity contribution >= 4 is 17.7 Å². The van der Waals surface area contributed by atoms with E-state index in [1.807, 2.05) is 60.3 Å². The number of piperidine rings is 1. The number of likely N-dealkylation sites (tertiary alicyclic amines) is 1. The zero-order valence-corrected chi connectivity index (χ0v) is 14.5. The first-order valence-corrected chi connectivity index (χ1v) is 8.45. The van der Waals surface area contributed by atoms with Gasteiger partial charge in [-0.1, -0.05) is 13.0 Å². The molecule has 3 rings (SSSR count). The van der Waals surface area contributed by atoms with Gasteiger partial charge in [0.2, 0.25) is 0 Å². The molecule has 0 radical (unpaired) electrons. The topological polar surface area (TPSA) is 63.6 Å². The van der Waals surface area contributed by atoms with Crippen LogP contribution in [0.5, 0.6) is 0 Å². The second-order valence-corrected chi connectivity index (χ2v) is 6.41. The molecule has 0 unspecified atom stereocenters. The number of methoxy groups -OCH3 is 1. The minimum atomic E-state index is -0.188. The molecule has 132 valence electrons. The molecule has 1 aliphatic rings. The fraction of sp³-hybridized carbons (Fsp3) is 0.368. The predicted molar refractivity (Wildman–Crippen MR) is 95.6 cm³/mol. The van der Waals surface area contributed by atoms with Crippen LogP contribution in [0.3, 0.4) is 0 Å². The van der Waals surface area contributed by atoms with Crippen molar-refractivity contribution in [3.05, 3.63) is 48.8 Å². The lowest BCUT2D eigenvalue weighted by Crippen LogP contribution is -2.46. The molecule has 1 N–H and O–H groups in total. The van der Waals surface area contributed by atoms with E-state index in [9.17, 15) is 9.59 Å². The largest absolute Gasteiger partial charge is 0.469 e. The molecule has 2 amide bonds. The van der Waals surface area contributed by atoms with E-state index >= 15 is 0 Å². The van der Waals surface area contributed by atoms with Gasteiger partial charge in [0.25, 0.3) is 0 Å². The number of amides is 2. The molecule has 6 heteroatoms. The maximum atomic E-state index is 12.5. The number of ether oxygens (including phenoxy) is 1. The van der Waals surface area contributed by atoms with Crippen LogP contribution in [0.4, 0.5) is 10.5 Å². The smallest absolute Gasteiger partial charge is 0.321 e. The first-order valence-electron chi connectivity index (χ1n) is 8.45. The number of carbonyl (C=O) groups is 2. The Kier molecular flexibility index (Phi) is 5.07. The monoisotopic (exact) mass is 341 g/mol. The van der Waals surface area contributed by atoms with Crippen molar-refractivity contribution in [2.75, 3.05) is 25.5 Å². The van der Waals surface area contributed by atoms with Crippen LogP contribution in [0.15, 0.2) is 48.8 Å². The summed E-state index contributed by atoms with van der Waals surface area (Å²) in [5.41, 5.74) is 1.74. The molecule has 6 nitrogen and oxygen atoms in total. The van der Waals surface area contributed by atoms with Crippen molar-refractivity contribution in [2.24, 2.45) is 11.8 Å². The van der Waals surface area contributed by atoms with Gasteiger partial charge < -0.3 is 19.5 Å². The van der Waals surface area contributed by atoms with Gasteiger partial charge in [0.05, 0.1) is 13.0 Å². The number of nitrogens with one attached hydrogen (secondary N) is 1. The third-order valence-corrected chi connectivity index (χ3v) is 4.70. The summed E-state index contributed by atoms with van der Waals surface area (Å²) >= 11 is 0. The van der Waals surface area contributed by atoms with E-state index in [4.69, 9.17) is 4.74 Å².